The van der Waals surface area contributed by atoms with Crippen LogP contribution in [-0.4, -0.2) is 31.2 Å². The van der Waals surface area contributed by atoms with Crippen molar-refractivity contribution in [2.24, 2.45) is 0 Å². The van der Waals surface area contributed by atoms with Gasteiger partial charge in [0.2, 0.25) is 0 Å². The van der Waals surface area contributed by atoms with Gasteiger partial charge in [0.05, 0.1) is 5.69 Å². The number of nitrogens with zero attached hydrogens (tertiary/aromatic N) is 4. The van der Waals surface area contributed by atoms with Gasteiger partial charge in [-0.05, 0) is 71.5 Å². The van der Waals surface area contributed by atoms with Crippen LogP contribution in [0.1, 0.15) is 15.9 Å². The summed E-state index contributed by atoms with van der Waals surface area (Å²) in [5.74, 6) is -0.725. The van der Waals surface area contributed by atoms with Gasteiger partial charge in [0.25, 0.3) is 5.91 Å². The number of benzene rings is 2. The zero-order valence-corrected chi connectivity index (χ0v) is 14.4. The number of nitrogens with one attached hydrogen (secondary N) is 3. The van der Waals surface area contributed by atoms with Gasteiger partial charge in [0, 0.05) is 11.3 Å². The van der Waals surface area contributed by atoms with Crippen LogP contribution in [0.25, 0.3) is 5.69 Å². The highest BCUT2D eigenvalue weighted by Crippen LogP contribution is 2.13. The fraction of sp³-hybridized carbons (Fsp3) is 0.0625. The number of hydrogen-bond acceptors (Lipinski definition) is 5. The number of hydrazine groups is 1. The van der Waals surface area contributed by atoms with E-state index in [2.05, 4.69) is 31.7 Å². The second-order valence-electron chi connectivity index (χ2n) is 5.30. The minimum atomic E-state index is -0.382. The number of anilines is 1. The monoisotopic (exact) mass is 371 g/mol. The molecule has 1 heterocycles. The minimum absolute atomic E-state index is 0.131. The first kappa shape index (κ1) is 17.4. The van der Waals surface area contributed by atoms with E-state index in [-0.39, 0.29) is 16.8 Å². The summed E-state index contributed by atoms with van der Waals surface area (Å²) in [6, 6.07) is 11.3. The largest absolute Gasteiger partial charge is 0.331 e. The summed E-state index contributed by atoms with van der Waals surface area (Å²) in [6.45, 7) is 1.67. The van der Waals surface area contributed by atoms with Gasteiger partial charge in [0.1, 0.15) is 12.1 Å². The van der Waals surface area contributed by atoms with E-state index >= 15 is 0 Å². The van der Waals surface area contributed by atoms with E-state index in [1.54, 1.807) is 43.3 Å². The molecule has 0 saturated heterocycles. The Morgan fingerprint density at radius 1 is 1.15 bits per heavy atom. The maximum Gasteiger partial charge on any atom is 0.269 e. The Hall–Kier alpha value is -3.40. The highest BCUT2D eigenvalue weighted by molar-refractivity contribution is 7.80. The average molecular weight is 371 g/mol. The Balaban J connectivity index is 1.54. The zero-order chi connectivity index (χ0) is 18.5. The molecule has 0 unspecified atom stereocenters. The topological polar surface area (TPSA) is 96.8 Å². The predicted octanol–water partition coefficient (Wildman–Crippen LogP) is 1.74. The van der Waals surface area contributed by atoms with Crippen LogP contribution in [0.5, 0.6) is 0 Å². The molecule has 0 radical (unpaired) electrons. The fourth-order valence-corrected chi connectivity index (χ4v) is 2.23. The standard InChI is InChI=1S/C16H14FN7OS/c1-10-2-5-12(8-14(10)17)19-16(26)21-20-15(25)11-3-6-13(7-4-11)24-9-18-22-23-24/h2-9H,1H3,(H,20,25)(H2,19,21,26). The second kappa shape index (κ2) is 7.66. The van der Waals surface area contributed by atoms with Gasteiger partial charge < -0.3 is 5.32 Å². The van der Waals surface area contributed by atoms with Crippen molar-refractivity contribution >= 4 is 28.9 Å². The summed E-state index contributed by atoms with van der Waals surface area (Å²) < 4.78 is 15.0. The highest BCUT2D eigenvalue weighted by atomic mass is 32.1. The minimum Gasteiger partial charge on any atom is -0.331 e. The van der Waals surface area contributed by atoms with Crippen LogP contribution < -0.4 is 16.2 Å². The number of rotatable bonds is 3. The Kier molecular flexibility index (Phi) is 5.13. The Labute approximate surface area is 153 Å². The first-order chi connectivity index (χ1) is 12.5. The van der Waals surface area contributed by atoms with Gasteiger partial charge >= 0.3 is 0 Å². The third-order valence-electron chi connectivity index (χ3n) is 3.46. The van der Waals surface area contributed by atoms with Gasteiger partial charge in [-0.1, -0.05) is 6.07 Å². The van der Waals surface area contributed by atoms with Gasteiger partial charge in [-0.3, -0.25) is 15.6 Å². The fourth-order valence-electron chi connectivity index (χ4n) is 2.06. The smallest absolute Gasteiger partial charge is 0.269 e. The molecule has 0 saturated carbocycles. The summed E-state index contributed by atoms with van der Waals surface area (Å²) >= 11 is 5.07. The lowest BCUT2D eigenvalue weighted by atomic mass is 10.2. The van der Waals surface area contributed by atoms with Crippen molar-refractivity contribution in [3.8, 4) is 5.69 Å². The molecule has 132 valence electrons. The molecule has 2 aromatic carbocycles. The second-order valence-corrected chi connectivity index (χ2v) is 5.71. The molecule has 1 amide bonds. The molecular weight excluding hydrogens is 357 g/mol. The van der Waals surface area contributed by atoms with E-state index in [1.165, 1.54) is 17.1 Å². The Morgan fingerprint density at radius 2 is 1.92 bits per heavy atom. The van der Waals surface area contributed by atoms with Crippen LogP contribution in [0, 0.1) is 12.7 Å². The molecule has 0 aliphatic heterocycles. The maximum atomic E-state index is 13.5. The molecule has 1 aromatic heterocycles. The molecule has 0 fully saturated rings. The molecular formula is C16H14FN7OS. The lowest BCUT2D eigenvalue weighted by Crippen LogP contribution is -2.43. The molecule has 3 N–H and O–H groups in total. The number of amides is 1. The van der Waals surface area contributed by atoms with Crippen molar-refractivity contribution < 1.29 is 9.18 Å². The van der Waals surface area contributed by atoms with Gasteiger partial charge in [-0.15, -0.1) is 5.10 Å². The first-order valence-corrected chi connectivity index (χ1v) is 7.90. The van der Waals surface area contributed by atoms with Crippen molar-refractivity contribution in [3.05, 3.63) is 65.7 Å². The van der Waals surface area contributed by atoms with E-state index in [9.17, 15) is 9.18 Å². The highest BCUT2D eigenvalue weighted by Gasteiger charge is 2.07. The molecule has 0 spiro atoms. The average Bonchev–Trinajstić information content (AvgIpc) is 3.18. The van der Waals surface area contributed by atoms with Gasteiger partial charge in [-0.2, -0.15) is 0 Å². The van der Waals surface area contributed by atoms with Crippen LogP contribution in [-0.2, 0) is 0 Å². The molecule has 26 heavy (non-hydrogen) atoms. The Bertz CT molecular complexity index is 928. The summed E-state index contributed by atoms with van der Waals surface area (Å²) in [7, 11) is 0. The molecule has 3 rings (SSSR count). The van der Waals surface area contributed by atoms with E-state index in [1.807, 2.05) is 0 Å². The molecule has 0 atom stereocenters. The quantitative estimate of drug-likeness (QED) is 0.477. The van der Waals surface area contributed by atoms with Crippen molar-refractivity contribution in [2.75, 3.05) is 5.32 Å². The number of aromatic nitrogens is 4. The van der Waals surface area contributed by atoms with Crippen LogP contribution in [0.4, 0.5) is 10.1 Å². The van der Waals surface area contributed by atoms with Crippen molar-refractivity contribution in [2.45, 2.75) is 6.92 Å². The van der Waals surface area contributed by atoms with Crippen LogP contribution in [0.2, 0.25) is 0 Å². The third-order valence-corrected chi connectivity index (χ3v) is 3.67. The summed E-state index contributed by atoms with van der Waals surface area (Å²) in [5, 5.41) is 13.8. The molecule has 0 aliphatic carbocycles. The zero-order valence-electron chi connectivity index (χ0n) is 13.6. The van der Waals surface area contributed by atoms with E-state index in [0.29, 0.717) is 16.8 Å². The van der Waals surface area contributed by atoms with E-state index in [4.69, 9.17) is 12.2 Å². The number of aryl methyl sites for hydroxylation is 1. The summed E-state index contributed by atoms with van der Waals surface area (Å²) in [6.07, 6.45) is 1.45. The Morgan fingerprint density at radius 3 is 2.58 bits per heavy atom. The van der Waals surface area contributed by atoms with Crippen molar-refractivity contribution in [3.63, 3.8) is 0 Å². The van der Waals surface area contributed by atoms with Gasteiger partial charge in [0.15, 0.2) is 5.11 Å². The number of tetrazole rings is 1. The van der Waals surface area contributed by atoms with E-state index in [0.717, 1.165) is 5.69 Å². The van der Waals surface area contributed by atoms with Crippen LogP contribution in [0.3, 0.4) is 0 Å². The SMILES string of the molecule is Cc1ccc(NC(=S)NNC(=O)c2ccc(-n3cnnn3)cc2)cc1F. The number of hydrogen-bond donors (Lipinski definition) is 3. The maximum absolute atomic E-state index is 13.5. The predicted molar refractivity (Wildman–Crippen MR) is 97.1 cm³/mol. The number of thiocarbonyl (C=S) groups is 1. The number of carbonyl (C=O) groups excluding carboxylic acids is 1. The summed E-state index contributed by atoms with van der Waals surface area (Å²) in [5.41, 5.74) is 7.18. The number of halogens is 1. The van der Waals surface area contributed by atoms with Crippen LogP contribution in [0.15, 0.2) is 48.8 Å². The molecule has 8 nitrogen and oxygen atoms in total. The lowest BCUT2D eigenvalue weighted by molar-refractivity contribution is 0.0944. The molecule has 0 bridgehead atoms. The molecule has 10 heteroatoms. The summed E-state index contributed by atoms with van der Waals surface area (Å²) in [4.78, 5) is 12.1. The van der Waals surface area contributed by atoms with Crippen LogP contribution >= 0.6 is 12.2 Å². The van der Waals surface area contributed by atoms with Crippen molar-refractivity contribution in [1.82, 2.24) is 31.1 Å². The molecule has 3 aromatic rings. The third kappa shape index (κ3) is 4.16. The van der Waals surface area contributed by atoms with Crippen molar-refractivity contribution in [1.29, 1.82) is 0 Å². The lowest BCUT2D eigenvalue weighted by Gasteiger charge is -2.12. The normalized spacial score (nSPS) is 10.2. The van der Waals surface area contributed by atoms with E-state index < -0.39 is 0 Å². The number of carbonyl (C=O) groups is 1. The van der Waals surface area contributed by atoms with Gasteiger partial charge in [-0.25, -0.2) is 9.07 Å². The molecule has 0 aliphatic rings. The first-order valence-electron chi connectivity index (χ1n) is 7.50.